The smallest absolute Gasteiger partial charge is 0.125 e. The molecule has 0 unspecified atom stereocenters. The van der Waals surface area contributed by atoms with Gasteiger partial charge in [0.2, 0.25) is 0 Å². The Morgan fingerprint density at radius 1 is 1.19 bits per heavy atom. The number of hydrogen-bond acceptors (Lipinski definition) is 3. The molecule has 1 rings (SSSR count). The van der Waals surface area contributed by atoms with Crippen LogP contribution in [-0.2, 0) is 0 Å². The third kappa shape index (κ3) is 7.34. The van der Waals surface area contributed by atoms with Gasteiger partial charge in [-0.25, -0.2) is 0 Å². The van der Waals surface area contributed by atoms with Crippen LogP contribution in [0.15, 0.2) is 24.3 Å². The summed E-state index contributed by atoms with van der Waals surface area (Å²) in [5.74, 6) is 1.21. The Kier molecular flexibility index (Phi) is 6.72. The molecule has 0 aliphatic heterocycles. The average molecular weight is 290 g/mol. The Morgan fingerprint density at radius 3 is 2.43 bits per heavy atom. The molecule has 0 bridgehead atoms. The van der Waals surface area contributed by atoms with Crippen LogP contribution in [0.3, 0.4) is 0 Å². The average Bonchev–Trinajstić information content (AvgIpc) is 2.43. The molecule has 0 radical (unpaired) electrons. The molecule has 0 aliphatic rings. The molecule has 5 heteroatoms. The molecule has 0 aromatic heterocycles. The van der Waals surface area contributed by atoms with Gasteiger partial charge in [-0.15, -0.1) is 0 Å². The van der Waals surface area contributed by atoms with Crippen LogP contribution in [0.25, 0.3) is 0 Å². The van der Waals surface area contributed by atoms with Crippen LogP contribution in [-0.4, -0.2) is 31.9 Å². The second-order valence-corrected chi connectivity index (χ2v) is 6.08. The van der Waals surface area contributed by atoms with E-state index >= 15 is 0 Å². The summed E-state index contributed by atoms with van der Waals surface area (Å²) in [7, 11) is 0. The Hall–Kier alpha value is -2.04. The minimum Gasteiger partial charge on any atom is -0.494 e. The highest BCUT2D eigenvalue weighted by atomic mass is 16.5. The first-order chi connectivity index (χ1) is 9.92. The second kappa shape index (κ2) is 8.29. The highest BCUT2D eigenvalue weighted by Crippen LogP contribution is 2.19. The van der Waals surface area contributed by atoms with Crippen LogP contribution in [0.1, 0.15) is 32.8 Å². The van der Waals surface area contributed by atoms with E-state index < -0.39 is 0 Å². The van der Waals surface area contributed by atoms with E-state index in [2.05, 4.69) is 31.4 Å². The fourth-order valence-electron chi connectivity index (χ4n) is 1.63. The fourth-order valence-corrected chi connectivity index (χ4v) is 1.63. The number of benzene rings is 1. The van der Waals surface area contributed by atoms with Crippen molar-refractivity contribution in [3.63, 3.8) is 0 Å². The molecule has 116 valence electrons. The van der Waals surface area contributed by atoms with E-state index in [1.807, 2.05) is 24.3 Å². The molecule has 0 atom stereocenters. The van der Waals surface area contributed by atoms with Gasteiger partial charge in [-0.05, 0) is 36.1 Å². The monoisotopic (exact) mass is 290 g/mol. The molecule has 4 N–H and O–H groups in total. The van der Waals surface area contributed by atoms with E-state index in [4.69, 9.17) is 15.6 Å². The van der Waals surface area contributed by atoms with Crippen molar-refractivity contribution < 1.29 is 4.74 Å². The predicted octanol–water partition coefficient (Wildman–Crippen LogP) is 2.61. The lowest BCUT2D eigenvalue weighted by atomic mass is 9.93. The molecule has 0 amide bonds. The number of amidine groups is 1. The fraction of sp³-hybridized carbons (Fsp3) is 0.500. The van der Waals surface area contributed by atoms with Gasteiger partial charge in [-0.2, -0.15) is 0 Å². The zero-order valence-electron chi connectivity index (χ0n) is 13.1. The lowest BCUT2D eigenvalue weighted by Gasteiger charge is -2.18. The summed E-state index contributed by atoms with van der Waals surface area (Å²) in [5, 5.41) is 20.5. The number of hydrogen-bond donors (Lipinski definition) is 4. The Morgan fingerprint density at radius 2 is 1.86 bits per heavy atom. The van der Waals surface area contributed by atoms with Crippen LogP contribution >= 0.6 is 0 Å². The van der Waals surface area contributed by atoms with Gasteiger partial charge in [-0.3, -0.25) is 10.8 Å². The van der Waals surface area contributed by atoms with Crippen molar-refractivity contribution in [3.8, 4) is 5.75 Å². The third-order valence-electron chi connectivity index (χ3n) is 2.94. The molecule has 1 aromatic rings. The van der Waals surface area contributed by atoms with Crippen molar-refractivity contribution in [1.29, 1.82) is 10.8 Å². The molecular formula is C16H26N4O. The van der Waals surface area contributed by atoms with Gasteiger partial charge in [0.15, 0.2) is 0 Å². The summed E-state index contributed by atoms with van der Waals surface area (Å²) in [6, 6.07) is 7.55. The second-order valence-electron chi connectivity index (χ2n) is 6.08. The SMILES string of the molecule is CC(C)(C)CCOc1ccc(C(=N)NCCNC=N)cc1. The maximum atomic E-state index is 7.92. The van der Waals surface area contributed by atoms with Crippen molar-refractivity contribution in [3.05, 3.63) is 29.8 Å². The van der Waals surface area contributed by atoms with Crippen LogP contribution in [0.5, 0.6) is 5.75 Å². The predicted molar refractivity (Wildman–Crippen MR) is 87.6 cm³/mol. The summed E-state index contributed by atoms with van der Waals surface area (Å²) in [4.78, 5) is 0. The first-order valence-corrected chi connectivity index (χ1v) is 7.20. The summed E-state index contributed by atoms with van der Waals surface area (Å²) < 4.78 is 5.70. The summed E-state index contributed by atoms with van der Waals surface area (Å²) in [5.41, 5.74) is 1.10. The van der Waals surface area contributed by atoms with Gasteiger partial charge in [0, 0.05) is 18.7 Å². The summed E-state index contributed by atoms with van der Waals surface area (Å²) in [6.45, 7) is 8.52. The Bertz CT molecular complexity index is 448. The minimum atomic E-state index is 0.274. The molecule has 0 spiro atoms. The van der Waals surface area contributed by atoms with Gasteiger partial charge in [0.1, 0.15) is 11.6 Å². The van der Waals surface area contributed by atoms with Gasteiger partial charge < -0.3 is 15.4 Å². The van der Waals surface area contributed by atoms with Gasteiger partial charge in [0.25, 0.3) is 0 Å². The molecule has 21 heavy (non-hydrogen) atoms. The molecular weight excluding hydrogens is 264 g/mol. The summed E-state index contributed by atoms with van der Waals surface area (Å²) >= 11 is 0. The van der Waals surface area contributed by atoms with Crippen molar-refractivity contribution >= 4 is 12.2 Å². The van der Waals surface area contributed by atoms with Crippen molar-refractivity contribution in [2.45, 2.75) is 27.2 Å². The molecule has 1 aromatic carbocycles. The third-order valence-corrected chi connectivity index (χ3v) is 2.94. The maximum Gasteiger partial charge on any atom is 0.125 e. The van der Waals surface area contributed by atoms with E-state index in [0.29, 0.717) is 25.5 Å². The lowest BCUT2D eigenvalue weighted by Crippen LogP contribution is -2.31. The molecule has 0 saturated carbocycles. The quantitative estimate of drug-likeness (QED) is 0.337. The van der Waals surface area contributed by atoms with Crippen molar-refractivity contribution in [1.82, 2.24) is 10.6 Å². The van der Waals surface area contributed by atoms with Crippen LogP contribution in [0.4, 0.5) is 0 Å². The van der Waals surface area contributed by atoms with Crippen molar-refractivity contribution in [2.24, 2.45) is 5.41 Å². The van der Waals surface area contributed by atoms with Crippen LogP contribution < -0.4 is 15.4 Å². The van der Waals surface area contributed by atoms with E-state index in [1.165, 1.54) is 0 Å². The first-order valence-electron chi connectivity index (χ1n) is 7.20. The van der Waals surface area contributed by atoms with E-state index in [0.717, 1.165) is 24.1 Å². The van der Waals surface area contributed by atoms with Gasteiger partial charge >= 0.3 is 0 Å². The number of nitrogens with one attached hydrogen (secondary N) is 4. The number of ether oxygens (including phenoxy) is 1. The molecule has 0 fully saturated rings. The van der Waals surface area contributed by atoms with E-state index in [9.17, 15) is 0 Å². The molecule has 0 saturated heterocycles. The van der Waals surface area contributed by atoms with E-state index in [-0.39, 0.29) is 5.41 Å². The van der Waals surface area contributed by atoms with Crippen LogP contribution in [0, 0.1) is 16.2 Å². The van der Waals surface area contributed by atoms with E-state index in [1.54, 1.807) is 0 Å². The highest BCUT2D eigenvalue weighted by molar-refractivity contribution is 5.96. The zero-order valence-corrected chi connectivity index (χ0v) is 13.1. The first kappa shape index (κ1) is 17.0. The highest BCUT2D eigenvalue weighted by Gasteiger charge is 2.10. The Balaban J connectivity index is 2.39. The lowest BCUT2D eigenvalue weighted by molar-refractivity contribution is 0.243. The molecule has 0 heterocycles. The van der Waals surface area contributed by atoms with Crippen LogP contribution in [0.2, 0.25) is 0 Å². The minimum absolute atomic E-state index is 0.274. The zero-order chi connectivity index (χ0) is 15.7. The summed E-state index contributed by atoms with van der Waals surface area (Å²) in [6.07, 6.45) is 2.15. The maximum absolute atomic E-state index is 7.92. The molecule has 0 aliphatic carbocycles. The number of rotatable bonds is 8. The van der Waals surface area contributed by atoms with Gasteiger partial charge in [0.05, 0.1) is 12.9 Å². The standard InChI is InChI=1S/C16H26N4O/c1-16(2,3)8-11-21-14-6-4-13(5-7-14)15(18)20-10-9-19-12-17/h4-7,12H,8-11H2,1-3H3,(H2,17,19)(H2,18,20). The Labute approximate surface area is 127 Å². The topological polar surface area (TPSA) is 81.0 Å². The largest absolute Gasteiger partial charge is 0.494 e. The molecule has 5 nitrogen and oxygen atoms in total. The van der Waals surface area contributed by atoms with Gasteiger partial charge in [-0.1, -0.05) is 20.8 Å². The van der Waals surface area contributed by atoms with Crippen molar-refractivity contribution in [2.75, 3.05) is 19.7 Å². The normalized spacial score (nSPS) is 10.8.